The van der Waals surface area contributed by atoms with E-state index >= 15 is 0 Å². The molecule has 0 aliphatic carbocycles. The van der Waals surface area contributed by atoms with Crippen molar-refractivity contribution in [2.24, 2.45) is 5.73 Å². The second-order valence-corrected chi connectivity index (χ2v) is 4.37. The van der Waals surface area contributed by atoms with Gasteiger partial charge in [0.05, 0.1) is 5.69 Å². The highest BCUT2D eigenvalue weighted by Crippen LogP contribution is 2.08. The number of nitrogens with zero attached hydrogens (tertiary/aromatic N) is 2. The summed E-state index contributed by atoms with van der Waals surface area (Å²) in [4.78, 5) is 11.8. The Bertz CT molecular complexity index is 565. The summed E-state index contributed by atoms with van der Waals surface area (Å²) in [5.41, 5.74) is 6.42. The van der Waals surface area contributed by atoms with Gasteiger partial charge in [0.25, 0.3) is 5.91 Å². The molecule has 0 bridgehead atoms. The molecular formula is C14H17FN4O. The van der Waals surface area contributed by atoms with Gasteiger partial charge in [0.2, 0.25) is 0 Å². The number of amides is 1. The summed E-state index contributed by atoms with van der Waals surface area (Å²) in [6.07, 6.45) is 3.40. The fourth-order valence-electron chi connectivity index (χ4n) is 1.74. The third kappa shape index (κ3) is 3.64. The SMILES string of the molecule is NCCCCNC(=O)c1ccn(-c2ccc(F)cc2)n1. The number of unbranched alkanes of at least 4 members (excludes halogenated alkanes) is 1. The maximum Gasteiger partial charge on any atom is 0.271 e. The van der Waals surface area contributed by atoms with Crippen molar-refractivity contribution >= 4 is 5.91 Å². The van der Waals surface area contributed by atoms with Crippen LogP contribution in [0.2, 0.25) is 0 Å². The molecule has 0 radical (unpaired) electrons. The summed E-state index contributed by atoms with van der Waals surface area (Å²) >= 11 is 0. The van der Waals surface area contributed by atoms with Crippen LogP contribution in [-0.2, 0) is 0 Å². The van der Waals surface area contributed by atoms with Crippen LogP contribution in [0.4, 0.5) is 4.39 Å². The minimum Gasteiger partial charge on any atom is -0.351 e. The molecule has 3 N–H and O–H groups in total. The van der Waals surface area contributed by atoms with E-state index in [1.807, 2.05) is 0 Å². The number of nitrogens with one attached hydrogen (secondary N) is 1. The Hall–Kier alpha value is -2.21. The number of hydrogen-bond donors (Lipinski definition) is 2. The Morgan fingerprint density at radius 1 is 1.25 bits per heavy atom. The molecule has 0 atom stereocenters. The standard InChI is InChI=1S/C14H17FN4O/c15-11-3-5-12(6-4-11)19-10-7-13(18-19)14(20)17-9-2-1-8-16/h3-7,10H,1-2,8-9,16H2,(H,17,20). The lowest BCUT2D eigenvalue weighted by atomic mass is 10.3. The van der Waals surface area contributed by atoms with Crippen molar-refractivity contribution in [1.29, 1.82) is 0 Å². The molecular weight excluding hydrogens is 259 g/mol. The van der Waals surface area contributed by atoms with E-state index in [1.165, 1.54) is 16.8 Å². The van der Waals surface area contributed by atoms with Crippen molar-refractivity contribution in [3.05, 3.63) is 48.0 Å². The van der Waals surface area contributed by atoms with E-state index in [9.17, 15) is 9.18 Å². The summed E-state index contributed by atoms with van der Waals surface area (Å²) in [6.45, 7) is 1.20. The van der Waals surface area contributed by atoms with Gasteiger partial charge < -0.3 is 11.1 Å². The first-order valence-electron chi connectivity index (χ1n) is 6.50. The third-order valence-corrected chi connectivity index (χ3v) is 2.83. The van der Waals surface area contributed by atoms with Crippen molar-refractivity contribution in [2.75, 3.05) is 13.1 Å². The number of nitrogens with two attached hydrogens (primary N) is 1. The summed E-state index contributed by atoms with van der Waals surface area (Å²) in [7, 11) is 0. The van der Waals surface area contributed by atoms with E-state index < -0.39 is 0 Å². The quantitative estimate of drug-likeness (QED) is 0.785. The first-order valence-corrected chi connectivity index (χ1v) is 6.50. The van der Waals surface area contributed by atoms with Crippen molar-refractivity contribution in [3.8, 4) is 5.69 Å². The molecule has 1 aromatic heterocycles. The Kier molecular flexibility index (Phi) is 4.84. The maximum atomic E-state index is 12.8. The fourth-order valence-corrected chi connectivity index (χ4v) is 1.74. The van der Waals surface area contributed by atoms with E-state index in [0.717, 1.165) is 12.8 Å². The molecule has 0 saturated carbocycles. The van der Waals surface area contributed by atoms with Crippen LogP contribution in [0.3, 0.4) is 0 Å². The summed E-state index contributed by atoms with van der Waals surface area (Å²) < 4.78 is 14.4. The number of aromatic nitrogens is 2. The summed E-state index contributed by atoms with van der Waals surface area (Å²) in [6, 6.07) is 7.53. The average molecular weight is 276 g/mol. The smallest absolute Gasteiger partial charge is 0.271 e. The predicted octanol–water partition coefficient (Wildman–Crippen LogP) is 1.48. The molecule has 0 fully saturated rings. The zero-order chi connectivity index (χ0) is 14.4. The van der Waals surface area contributed by atoms with Gasteiger partial charge in [-0.25, -0.2) is 9.07 Å². The lowest BCUT2D eigenvalue weighted by Gasteiger charge is -2.02. The fraction of sp³-hybridized carbons (Fsp3) is 0.286. The van der Waals surface area contributed by atoms with Crippen molar-refractivity contribution in [2.45, 2.75) is 12.8 Å². The van der Waals surface area contributed by atoms with E-state index in [2.05, 4.69) is 10.4 Å². The molecule has 0 spiro atoms. The van der Waals surface area contributed by atoms with Gasteiger partial charge in [-0.3, -0.25) is 4.79 Å². The molecule has 2 rings (SSSR count). The van der Waals surface area contributed by atoms with Crippen LogP contribution in [0.1, 0.15) is 23.3 Å². The maximum absolute atomic E-state index is 12.8. The second kappa shape index (κ2) is 6.81. The number of carbonyl (C=O) groups is 1. The molecule has 0 aliphatic rings. The molecule has 1 amide bonds. The van der Waals surface area contributed by atoms with E-state index in [0.29, 0.717) is 24.5 Å². The van der Waals surface area contributed by atoms with E-state index in [-0.39, 0.29) is 11.7 Å². The van der Waals surface area contributed by atoms with Crippen molar-refractivity contribution < 1.29 is 9.18 Å². The van der Waals surface area contributed by atoms with E-state index in [1.54, 1.807) is 24.4 Å². The molecule has 0 saturated heterocycles. The largest absolute Gasteiger partial charge is 0.351 e. The lowest BCUT2D eigenvalue weighted by Crippen LogP contribution is -2.25. The molecule has 5 nitrogen and oxygen atoms in total. The Labute approximate surface area is 116 Å². The molecule has 20 heavy (non-hydrogen) atoms. The highest BCUT2D eigenvalue weighted by atomic mass is 19.1. The van der Waals surface area contributed by atoms with Crippen LogP contribution >= 0.6 is 0 Å². The van der Waals surface area contributed by atoms with Gasteiger partial charge in [0.1, 0.15) is 5.82 Å². The molecule has 0 unspecified atom stereocenters. The molecule has 2 aromatic rings. The van der Waals surface area contributed by atoms with Gasteiger partial charge in [-0.15, -0.1) is 0 Å². The molecule has 106 valence electrons. The van der Waals surface area contributed by atoms with Gasteiger partial charge in [-0.05, 0) is 49.7 Å². The van der Waals surface area contributed by atoms with Gasteiger partial charge >= 0.3 is 0 Å². The van der Waals surface area contributed by atoms with Crippen molar-refractivity contribution in [1.82, 2.24) is 15.1 Å². The minimum absolute atomic E-state index is 0.220. The van der Waals surface area contributed by atoms with Gasteiger partial charge in [-0.1, -0.05) is 0 Å². The lowest BCUT2D eigenvalue weighted by molar-refractivity contribution is 0.0947. The Morgan fingerprint density at radius 2 is 2.00 bits per heavy atom. The first kappa shape index (κ1) is 14.2. The number of rotatable bonds is 6. The van der Waals surface area contributed by atoms with Gasteiger partial charge in [0, 0.05) is 12.7 Å². The normalized spacial score (nSPS) is 10.5. The first-order chi connectivity index (χ1) is 9.70. The van der Waals surface area contributed by atoms with E-state index in [4.69, 9.17) is 5.73 Å². The van der Waals surface area contributed by atoms with Gasteiger partial charge in [-0.2, -0.15) is 5.10 Å². The summed E-state index contributed by atoms with van der Waals surface area (Å²) in [5.74, 6) is -0.526. The number of halogens is 1. The number of carbonyl (C=O) groups excluding carboxylic acids is 1. The van der Waals surface area contributed by atoms with Crippen molar-refractivity contribution in [3.63, 3.8) is 0 Å². The average Bonchev–Trinajstić information content (AvgIpc) is 2.94. The summed E-state index contributed by atoms with van der Waals surface area (Å²) in [5, 5.41) is 6.94. The van der Waals surface area contributed by atoms with Crippen LogP contribution < -0.4 is 11.1 Å². The zero-order valence-corrected chi connectivity index (χ0v) is 11.1. The van der Waals surface area contributed by atoms with Crippen LogP contribution in [0.15, 0.2) is 36.5 Å². The zero-order valence-electron chi connectivity index (χ0n) is 11.1. The minimum atomic E-state index is -0.307. The third-order valence-electron chi connectivity index (χ3n) is 2.83. The topological polar surface area (TPSA) is 72.9 Å². The van der Waals surface area contributed by atoms with Gasteiger partial charge in [0.15, 0.2) is 5.69 Å². The Morgan fingerprint density at radius 3 is 2.70 bits per heavy atom. The van der Waals surface area contributed by atoms with Crippen LogP contribution in [0, 0.1) is 5.82 Å². The monoisotopic (exact) mass is 276 g/mol. The molecule has 1 heterocycles. The second-order valence-electron chi connectivity index (χ2n) is 4.37. The highest BCUT2D eigenvalue weighted by molar-refractivity contribution is 5.92. The number of benzene rings is 1. The predicted molar refractivity (Wildman–Crippen MR) is 74.1 cm³/mol. The Balaban J connectivity index is 1.98. The molecule has 0 aliphatic heterocycles. The molecule has 1 aromatic carbocycles. The van der Waals surface area contributed by atoms with Crippen LogP contribution in [0.5, 0.6) is 0 Å². The molecule has 6 heteroatoms. The van der Waals surface area contributed by atoms with Crippen LogP contribution in [0.25, 0.3) is 5.69 Å². The number of hydrogen-bond acceptors (Lipinski definition) is 3. The van der Waals surface area contributed by atoms with Crippen LogP contribution in [-0.4, -0.2) is 28.8 Å². The highest BCUT2D eigenvalue weighted by Gasteiger charge is 2.09.